The van der Waals surface area contributed by atoms with Crippen LogP contribution < -0.4 is 0 Å². The number of carbonyl (C=O) groups excluding carboxylic acids is 1. The maximum Gasteiger partial charge on any atom is 0.228 e. The lowest BCUT2D eigenvalue weighted by Gasteiger charge is -2.06. The molecule has 3 aromatic rings. The van der Waals surface area contributed by atoms with E-state index in [1.54, 1.807) is 12.1 Å². The van der Waals surface area contributed by atoms with Gasteiger partial charge in [0.05, 0.1) is 6.26 Å². The van der Waals surface area contributed by atoms with Gasteiger partial charge in [-0.25, -0.2) is 0 Å². The number of hydrogen-bond acceptors (Lipinski definition) is 2. The molecule has 2 heteroatoms. The molecule has 4 rings (SSSR count). The van der Waals surface area contributed by atoms with E-state index in [1.165, 1.54) is 22.8 Å². The number of aryl methyl sites for hydroxylation is 2. The van der Waals surface area contributed by atoms with Gasteiger partial charge in [-0.05, 0) is 52.9 Å². The number of carbonyl (C=O) groups is 1. The summed E-state index contributed by atoms with van der Waals surface area (Å²) in [5.74, 6) is 0.360. The van der Waals surface area contributed by atoms with Crippen molar-refractivity contribution in [1.29, 1.82) is 0 Å². The van der Waals surface area contributed by atoms with Gasteiger partial charge in [-0.15, -0.1) is 0 Å². The van der Waals surface area contributed by atoms with Crippen LogP contribution in [-0.4, -0.2) is 5.78 Å². The van der Waals surface area contributed by atoms with Crippen molar-refractivity contribution in [3.63, 3.8) is 0 Å². The molecule has 0 fully saturated rings. The summed E-state index contributed by atoms with van der Waals surface area (Å²) in [5.41, 5.74) is 3.43. The molecule has 0 atom stereocenters. The van der Waals surface area contributed by atoms with Crippen LogP contribution in [0.25, 0.3) is 10.8 Å². The summed E-state index contributed by atoms with van der Waals surface area (Å²) in [6.07, 6.45) is 3.68. The molecule has 0 amide bonds. The van der Waals surface area contributed by atoms with Crippen molar-refractivity contribution in [3.8, 4) is 0 Å². The first-order valence-corrected chi connectivity index (χ1v) is 6.46. The van der Waals surface area contributed by atoms with Crippen molar-refractivity contribution < 1.29 is 9.21 Å². The average Bonchev–Trinajstić information content (AvgIpc) is 3.09. The Morgan fingerprint density at radius 2 is 1.79 bits per heavy atom. The van der Waals surface area contributed by atoms with E-state index in [4.69, 9.17) is 4.42 Å². The monoisotopic (exact) mass is 248 g/mol. The molecule has 92 valence electrons. The fourth-order valence-corrected chi connectivity index (χ4v) is 2.99. The summed E-state index contributed by atoms with van der Waals surface area (Å²) >= 11 is 0. The van der Waals surface area contributed by atoms with Gasteiger partial charge < -0.3 is 4.42 Å². The molecule has 0 spiro atoms. The zero-order valence-electron chi connectivity index (χ0n) is 10.3. The number of hydrogen-bond donors (Lipinski definition) is 0. The van der Waals surface area contributed by atoms with Gasteiger partial charge in [0.25, 0.3) is 0 Å². The summed E-state index contributed by atoms with van der Waals surface area (Å²) in [6.45, 7) is 0. The molecule has 0 bridgehead atoms. The molecule has 0 saturated carbocycles. The average molecular weight is 248 g/mol. The molecule has 1 heterocycles. The van der Waals surface area contributed by atoms with E-state index >= 15 is 0 Å². The van der Waals surface area contributed by atoms with Crippen molar-refractivity contribution >= 4 is 16.6 Å². The normalized spacial score (nSPS) is 13.1. The van der Waals surface area contributed by atoms with E-state index in [2.05, 4.69) is 12.1 Å². The Morgan fingerprint density at radius 3 is 2.58 bits per heavy atom. The number of furan rings is 1. The largest absolute Gasteiger partial charge is 0.461 e. The van der Waals surface area contributed by atoms with Crippen molar-refractivity contribution in [2.75, 3.05) is 0 Å². The summed E-state index contributed by atoms with van der Waals surface area (Å²) in [7, 11) is 0. The molecule has 1 aromatic heterocycles. The SMILES string of the molecule is O=C(c1ccco1)c1ccc2c3c(cccc13)CC2. The Morgan fingerprint density at radius 1 is 0.947 bits per heavy atom. The Hall–Kier alpha value is -2.35. The van der Waals surface area contributed by atoms with Crippen LogP contribution >= 0.6 is 0 Å². The number of ketones is 1. The van der Waals surface area contributed by atoms with Crippen molar-refractivity contribution in [2.24, 2.45) is 0 Å². The molecule has 0 saturated heterocycles. The van der Waals surface area contributed by atoms with Gasteiger partial charge in [-0.1, -0.05) is 24.3 Å². The highest BCUT2D eigenvalue weighted by Crippen LogP contribution is 2.33. The Kier molecular flexibility index (Phi) is 2.12. The summed E-state index contributed by atoms with van der Waals surface area (Å²) in [6, 6.07) is 13.7. The minimum absolute atomic E-state index is 0.0411. The van der Waals surface area contributed by atoms with E-state index in [1.807, 2.05) is 18.2 Å². The molecule has 19 heavy (non-hydrogen) atoms. The second kappa shape index (κ2) is 3.82. The van der Waals surface area contributed by atoms with Crippen molar-refractivity contribution in [1.82, 2.24) is 0 Å². The topological polar surface area (TPSA) is 30.2 Å². The Labute approximate surface area is 110 Å². The van der Waals surface area contributed by atoms with Crippen molar-refractivity contribution in [2.45, 2.75) is 12.8 Å². The minimum atomic E-state index is -0.0411. The zero-order valence-corrected chi connectivity index (χ0v) is 10.3. The molecule has 0 N–H and O–H groups in total. The fourth-order valence-electron chi connectivity index (χ4n) is 2.99. The predicted molar refractivity (Wildman–Crippen MR) is 73.5 cm³/mol. The first-order chi connectivity index (χ1) is 9.34. The summed E-state index contributed by atoms with van der Waals surface area (Å²) in [4.78, 5) is 12.5. The van der Waals surface area contributed by atoms with Crippen LogP contribution in [0, 0.1) is 0 Å². The predicted octanol–water partition coefficient (Wildman–Crippen LogP) is 3.76. The smallest absolute Gasteiger partial charge is 0.228 e. The maximum atomic E-state index is 12.5. The van der Waals surface area contributed by atoms with Crippen molar-refractivity contribution in [3.05, 3.63) is 71.2 Å². The standard InChI is InChI=1S/C17H12O2/c18-17(15-5-2-10-19-15)14-9-8-12-7-6-11-3-1-4-13(14)16(11)12/h1-5,8-10H,6-7H2. The third-order valence-corrected chi connectivity index (χ3v) is 3.87. The molecule has 1 aliphatic rings. The second-order valence-corrected chi connectivity index (χ2v) is 4.92. The maximum absolute atomic E-state index is 12.5. The fraction of sp³-hybridized carbons (Fsp3) is 0.118. The van der Waals surface area contributed by atoms with Crippen LogP contribution in [0.15, 0.2) is 53.1 Å². The van der Waals surface area contributed by atoms with E-state index in [0.29, 0.717) is 5.76 Å². The van der Waals surface area contributed by atoms with E-state index in [9.17, 15) is 4.79 Å². The lowest BCUT2D eigenvalue weighted by molar-refractivity contribution is 0.101. The third kappa shape index (κ3) is 1.46. The quantitative estimate of drug-likeness (QED) is 0.646. The number of benzene rings is 2. The first kappa shape index (κ1) is 10.6. The van der Waals surface area contributed by atoms with Gasteiger partial charge in [0.1, 0.15) is 0 Å². The van der Waals surface area contributed by atoms with E-state index in [-0.39, 0.29) is 5.78 Å². The van der Waals surface area contributed by atoms with Crippen LogP contribution in [0.2, 0.25) is 0 Å². The molecule has 2 nitrogen and oxygen atoms in total. The van der Waals surface area contributed by atoms with Crippen LogP contribution in [0.5, 0.6) is 0 Å². The first-order valence-electron chi connectivity index (χ1n) is 6.46. The van der Waals surface area contributed by atoms with Gasteiger partial charge in [0, 0.05) is 5.56 Å². The lowest BCUT2D eigenvalue weighted by atomic mass is 9.97. The zero-order chi connectivity index (χ0) is 12.8. The van der Waals surface area contributed by atoms with Crippen LogP contribution in [0.1, 0.15) is 27.2 Å². The molecular weight excluding hydrogens is 236 g/mol. The summed E-state index contributed by atoms with van der Waals surface area (Å²) < 4.78 is 5.23. The highest BCUT2D eigenvalue weighted by molar-refractivity contribution is 6.16. The molecule has 1 aliphatic carbocycles. The molecular formula is C17H12O2. The van der Waals surface area contributed by atoms with Crippen LogP contribution in [-0.2, 0) is 12.8 Å². The second-order valence-electron chi connectivity index (χ2n) is 4.92. The Bertz CT molecular complexity index is 772. The van der Waals surface area contributed by atoms with Crippen LogP contribution in [0.3, 0.4) is 0 Å². The van der Waals surface area contributed by atoms with Gasteiger partial charge in [-0.2, -0.15) is 0 Å². The van der Waals surface area contributed by atoms with E-state index in [0.717, 1.165) is 23.8 Å². The van der Waals surface area contributed by atoms with Crippen LogP contribution in [0.4, 0.5) is 0 Å². The highest BCUT2D eigenvalue weighted by Gasteiger charge is 2.20. The van der Waals surface area contributed by atoms with Gasteiger partial charge in [-0.3, -0.25) is 4.79 Å². The van der Waals surface area contributed by atoms with Gasteiger partial charge >= 0.3 is 0 Å². The van der Waals surface area contributed by atoms with E-state index < -0.39 is 0 Å². The third-order valence-electron chi connectivity index (χ3n) is 3.87. The molecule has 0 unspecified atom stereocenters. The molecule has 2 aromatic carbocycles. The Balaban J connectivity index is 2.00. The number of rotatable bonds is 2. The lowest BCUT2D eigenvalue weighted by Crippen LogP contribution is -2.01. The van der Waals surface area contributed by atoms with Gasteiger partial charge in [0.15, 0.2) is 5.76 Å². The van der Waals surface area contributed by atoms with Gasteiger partial charge in [0.2, 0.25) is 5.78 Å². The molecule has 0 radical (unpaired) electrons. The summed E-state index contributed by atoms with van der Waals surface area (Å²) in [5, 5.41) is 2.31. The highest BCUT2D eigenvalue weighted by atomic mass is 16.3. The molecule has 0 aliphatic heterocycles. The minimum Gasteiger partial charge on any atom is -0.461 e.